The topological polar surface area (TPSA) is 134 Å². The molecule has 10 nitrogen and oxygen atoms in total. The predicted molar refractivity (Wildman–Crippen MR) is 139 cm³/mol. The molecule has 0 aliphatic rings. The molecule has 3 rings (SSSR count). The first-order valence-corrected chi connectivity index (χ1v) is 12.4. The van der Waals surface area contributed by atoms with Gasteiger partial charge in [-0.25, -0.2) is 25.0 Å². The van der Waals surface area contributed by atoms with Gasteiger partial charge in [0.2, 0.25) is 0 Å². The average Bonchev–Trinajstić information content (AvgIpc) is 2.85. The van der Waals surface area contributed by atoms with Crippen molar-refractivity contribution < 1.29 is 32.3 Å². The Bertz CT molecular complexity index is 1350. The third kappa shape index (κ3) is 9.48. The van der Waals surface area contributed by atoms with Crippen LogP contribution in [0.25, 0.3) is 0 Å². The Morgan fingerprint density at radius 2 is 1.69 bits per heavy atom. The van der Waals surface area contributed by atoms with Crippen LogP contribution in [0.4, 0.5) is 34.3 Å². The summed E-state index contributed by atoms with van der Waals surface area (Å²) in [5.74, 6) is -0.0316. The number of ether oxygens (including phenoxy) is 1. The average molecular weight is 563 g/mol. The lowest BCUT2D eigenvalue weighted by Gasteiger charge is -2.19. The Hall–Kier alpha value is -4.33. The van der Waals surface area contributed by atoms with Crippen molar-refractivity contribution in [3.8, 4) is 0 Å². The van der Waals surface area contributed by atoms with E-state index in [0.717, 1.165) is 23.8 Å². The Balaban J connectivity index is 1.57. The van der Waals surface area contributed by atoms with Crippen LogP contribution in [0.2, 0.25) is 0 Å². The van der Waals surface area contributed by atoms with Gasteiger partial charge in [-0.15, -0.1) is 11.8 Å². The number of carbonyl (C=O) groups is 3. The van der Waals surface area contributed by atoms with Crippen molar-refractivity contribution >= 4 is 41.3 Å². The molecule has 1 aromatic carbocycles. The molecule has 3 aromatic rings. The standard InChI is InChI=1S/C25H25F3N6O4S/c1-24(2,3)38-23(37)32-19-12-15(9-11-29-19)14-39-21-18(8-5-10-30-21)20(35)33-34-22(36)31-17-7-4-6-16(13-17)25(26,27)28/h4-13H,14H2,1-3H3,(H,33,35)(H,29,32,37)(H2,31,34,36). The lowest BCUT2D eigenvalue weighted by atomic mass is 10.2. The largest absolute Gasteiger partial charge is 0.444 e. The molecule has 0 bridgehead atoms. The van der Waals surface area contributed by atoms with Gasteiger partial charge in [0.25, 0.3) is 5.91 Å². The maximum Gasteiger partial charge on any atom is 0.416 e. The molecule has 0 saturated heterocycles. The Kier molecular flexibility index (Phi) is 9.35. The van der Waals surface area contributed by atoms with Gasteiger partial charge in [0, 0.05) is 23.8 Å². The minimum Gasteiger partial charge on any atom is -0.444 e. The number of anilines is 2. The number of hydrogen-bond acceptors (Lipinski definition) is 7. The summed E-state index contributed by atoms with van der Waals surface area (Å²) in [7, 11) is 0. The summed E-state index contributed by atoms with van der Waals surface area (Å²) in [5.41, 5.74) is 3.54. The van der Waals surface area contributed by atoms with Crippen molar-refractivity contribution in [3.63, 3.8) is 0 Å². The molecule has 4 amide bonds. The number of amides is 4. The zero-order chi connectivity index (χ0) is 28.6. The first kappa shape index (κ1) is 29.2. The van der Waals surface area contributed by atoms with Gasteiger partial charge in [0.05, 0.1) is 11.1 Å². The van der Waals surface area contributed by atoms with Gasteiger partial charge in [-0.3, -0.25) is 15.5 Å². The van der Waals surface area contributed by atoms with Gasteiger partial charge in [-0.2, -0.15) is 13.2 Å². The molecule has 39 heavy (non-hydrogen) atoms. The van der Waals surface area contributed by atoms with Crippen molar-refractivity contribution in [2.24, 2.45) is 0 Å². The van der Waals surface area contributed by atoms with Crippen LogP contribution >= 0.6 is 11.8 Å². The molecule has 0 atom stereocenters. The number of carbonyl (C=O) groups excluding carboxylic acids is 3. The first-order chi connectivity index (χ1) is 18.3. The minimum atomic E-state index is -4.57. The second-order valence-electron chi connectivity index (χ2n) is 8.93. The fourth-order valence-electron chi connectivity index (χ4n) is 2.99. The van der Waals surface area contributed by atoms with Crippen molar-refractivity contribution in [2.45, 2.75) is 43.3 Å². The fraction of sp³-hybridized carbons (Fsp3) is 0.240. The molecule has 0 fully saturated rings. The lowest BCUT2D eigenvalue weighted by molar-refractivity contribution is -0.137. The lowest BCUT2D eigenvalue weighted by Crippen LogP contribution is -2.44. The van der Waals surface area contributed by atoms with Crippen molar-refractivity contribution in [1.82, 2.24) is 20.8 Å². The number of aromatic nitrogens is 2. The Morgan fingerprint density at radius 3 is 2.41 bits per heavy atom. The van der Waals surface area contributed by atoms with Gasteiger partial charge in [0.1, 0.15) is 16.4 Å². The zero-order valence-corrected chi connectivity index (χ0v) is 21.9. The molecule has 206 valence electrons. The highest BCUT2D eigenvalue weighted by atomic mass is 32.2. The number of pyridine rings is 2. The van der Waals surface area contributed by atoms with E-state index in [2.05, 4.69) is 31.5 Å². The summed E-state index contributed by atoms with van der Waals surface area (Å²) in [6.45, 7) is 5.23. The molecule has 0 aliphatic carbocycles. The highest BCUT2D eigenvalue weighted by Crippen LogP contribution is 2.30. The molecule has 0 saturated carbocycles. The van der Waals surface area contributed by atoms with Crippen LogP contribution in [0.3, 0.4) is 0 Å². The number of halogens is 3. The van der Waals surface area contributed by atoms with Crippen LogP contribution in [0.15, 0.2) is 66.0 Å². The first-order valence-electron chi connectivity index (χ1n) is 11.4. The van der Waals surface area contributed by atoms with Crippen LogP contribution in [0, 0.1) is 0 Å². The summed E-state index contributed by atoms with van der Waals surface area (Å²) in [6, 6.07) is 9.55. The summed E-state index contributed by atoms with van der Waals surface area (Å²) in [6.07, 6.45) is -2.20. The minimum absolute atomic E-state index is 0.105. The quantitative estimate of drug-likeness (QED) is 0.227. The Labute approximate surface area is 226 Å². The smallest absolute Gasteiger partial charge is 0.416 e. The molecular weight excluding hydrogens is 537 g/mol. The number of rotatable bonds is 6. The van der Waals surface area contributed by atoms with E-state index in [1.807, 2.05) is 0 Å². The molecule has 0 aliphatic heterocycles. The maximum absolute atomic E-state index is 12.9. The number of alkyl halides is 3. The maximum atomic E-state index is 12.9. The number of benzene rings is 1. The van der Waals surface area contributed by atoms with E-state index in [0.29, 0.717) is 10.8 Å². The van der Waals surface area contributed by atoms with E-state index in [4.69, 9.17) is 4.74 Å². The summed E-state index contributed by atoms with van der Waals surface area (Å²) < 4.78 is 43.8. The Morgan fingerprint density at radius 1 is 0.923 bits per heavy atom. The van der Waals surface area contributed by atoms with Crippen molar-refractivity contribution in [3.05, 3.63) is 77.6 Å². The number of nitrogens with one attached hydrogen (secondary N) is 4. The number of thioether (sulfide) groups is 1. The number of hydrazine groups is 1. The van der Waals surface area contributed by atoms with Crippen LogP contribution < -0.4 is 21.5 Å². The molecule has 0 spiro atoms. The van der Waals surface area contributed by atoms with E-state index in [1.54, 1.807) is 32.9 Å². The molecule has 2 aromatic heterocycles. The highest BCUT2D eigenvalue weighted by Gasteiger charge is 2.30. The van der Waals surface area contributed by atoms with E-state index in [9.17, 15) is 27.6 Å². The SMILES string of the molecule is CC(C)(C)OC(=O)Nc1cc(CSc2ncccc2C(=O)NNC(=O)Nc2cccc(C(F)(F)F)c2)ccn1. The number of nitrogens with zero attached hydrogens (tertiary/aromatic N) is 2. The fourth-order valence-corrected chi connectivity index (χ4v) is 3.92. The monoisotopic (exact) mass is 562 g/mol. The second kappa shape index (κ2) is 12.5. The second-order valence-corrected chi connectivity index (χ2v) is 9.90. The molecule has 0 radical (unpaired) electrons. The predicted octanol–water partition coefficient (Wildman–Crippen LogP) is 5.60. The summed E-state index contributed by atoms with van der Waals surface area (Å²) in [5, 5.41) is 5.14. The molecular formula is C25H25F3N6O4S. The van der Waals surface area contributed by atoms with E-state index in [1.165, 1.54) is 42.4 Å². The van der Waals surface area contributed by atoms with Gasteiger partial charge in [-0.1, -0.05) is 6.07 Å². The third-order valence-electron chi connectivity index (χ3n) is 4.58. The van der Waals surface area contributed by atoms with Crippen LogP contribution in [0.5, 0.6) is 0 Å². The summed E-state index contributed by atoms with van der Waals surface area (Å²) in [4.78, 5) is 45.1. The highest BCUT2D eigenvalue weighted by molar-refractivity contribution is 7.98. The van der Waals surface area contributed by atoms with E-state index >= 15 is 0 Å². The van der Waals surface area contributed by atoms with Crippen LogP contribution in [-0.4, -0.2) is 33.6 Å². The van der Waals surface area contributed by atoms with Gasteiger partial charge in [-0.05, 0) is 68.8 Å². The van der Waals surface area contributed by atoms with Crippen LogP contribution in [0.1, 0.15) is 42.3 Å². The van der Waals surface area contributed by atoms with Gasteiger partial charge < -0.3 is 10.1 Å². The van der Waals surface area contributed by atoms with E-state index < -0.39 is 35.4 Å². The van der Waals surface area contributed by atoms with Gasteiger partial charge in [0.15, 0.2) is 0 Å². The zero-order valence-electron chi connectivity index (χ0n) is 21.1. The molecule has 14 heteroatoms. The molecule has 4 N–H and O–H groups in total. The van der Waals surface area contributed by atoms with Crippen molar-refractivity contribution in [2.75, 3.05) is 10.6 Å². The number of hydrogen-bond donors (Lipinski definition) is 4. The van der Waals surface area contributed by atoms with Crippen molar-refractivity contribution in [1.29, 1.82) is 0 Å². The van der Waals surface area contributed by atoms with Gasteiger partial charge >= 0.3 is 18.3 Å². The summed E-state index contributed by atoms with van der Waals surface area (Å²) >= 11 is 1.23. The number of urea groups is 1. The van der Waals surface area contributed by atoms with E-state index in [-0.39, 0.29) is 17.1 Å². The van der Waals surface area contributed by atoms with Crippen LogP contribution in [-0.2, 0) is 16.7 Å². The molecule has 2 heterocycles. The molecule has 0 unspecified atom stereocenters. The third-order valence-corrected chi connectivity index (χ3v) is 5.66. The normalized spacial score (nSPS) is 11.3.